The van der Waals surface area contributed by atoms with Gasteiger partial charge < -0.3 is 4.57 Å². The number of halogens is 1. The molecule has 2 aromatic rings. The van der Waals surface area contributed by atoms with Crippen LogP contribution >= 0.6 is 11.6 Å². The van der Waals surface area contributed by atoms with E-state index in [0.717, 1.165) is 17.4 Å². The molecule has 5 heteroatoms. The first-order valence-electron chi connectivity index (χ1n) is 5.92. The molecular formula is C13H13ClN2O2. The summed E-state index contributed by atoms with van der Waals surface area (Å²) in [6.45, 7) is 0.748. The number of fused-ring (bicyclic) bond motifs is 1. The average Bonchev–Trinajstić information content (AvgIpc) is 3.18. The third-order valence-electron chi connectivity index (χ3n) is 3.33. The number of nitrogens with zero attached hydrogens (tertiary/aromatic N) is 1. The monoisotopic (exact) mass is 264 g/mol. The Hall–Kier alpha value is -1.52. The minimum Gasteiger partial charge on any atom is -0.308 e. The Morgan fingerprint density at radius 1 is 1.39 bits per heavy atom. The Bertz CT molecular complexity index is 662. The Balaban J connectivity index is 2.23. The van der Waals surface area contributed by atoms with Crippen molar-refractivity contribution >= 4 is 28.2 Å². The Morgan fingerprint density at radius 3 is 2.83 bits per heavy atom. The summed E-state index contributed by atoms with van der Waals surface area (Å²) < 4.78 is 1.76. The standard InChI is InChI=1S/C13H13ClN2O2/c14-11-6-13(17)16(7-8-1-2-8)12-4-3-9(15-18)5-10(11)12/h3-6,8,15,18H,1-2,7H2. The molecule has 1 heterocycles. The first-order valence-corrected chi connectivity index (χ1v) is 6.30. The van der Waals surface area contributed by atoms with Crippen LogP contribution in [0.25, 0.3) is 10.9 Å². The van der Waals surface area contributed by atoms with Crippen LogP contribution in [0.2, 0.25) is 5.02 Å². The van der Waals surface area contributed by atoms with E-state index in [9.17, 15) is 4.79 Å². The van der Waals surface area contributed by atoms with Gasteiger partial charge in [-0.15, -0.1) is 0 Å². The first kappa shape index (κ1) is 11.6. The second-order valence-electron chi connectivity index (χ2n) is 4.73. The fourth-order valence-electron chi connectivity index (χ4n) is 2.16. The molecule has 1 aromatic heterocycles. The van der Waals surface area contributed by atoms with Crippen LogP contribution in [-0.2, 0) is 6.54 Å². The van der Waals surface area contributed by atoms with Crippen molar-refractivity contribution in [2.45, 2.75) is 19.4 Å². The lowest BCUT2D eigenvalue weighted by Gasteiger charge is -2.11. The van der Waals surface area contributed by atoms with Crippen LogP contribution in [0, 0.1) is 5.92 Å². The van der Waals surface area contributed by atoms with Gasteiger partial charge >= 0.3 is 0 Å². The van der Waals surface area contributed by atoms with Gasteiger partial charge in [0.1, 0.15) is 0 Å². The summed E-state index contributed by atoms with van der Waals surface area (Å²) in [6, 6.07) is 6.71. The summed E-state index contributed by atoms with van der Waals surface area (Å²) in [4.78, 5) is 12.0. The SMILES string of the molecule is O=c1cc(Cl)c2cc(NO)ccc2n1CC1CC1. The predicted molar refractivity (Wildman–Crippen MR) is 71.4 cm³/mol. The molecular weight excluding hydrogens is 252 g/mol. The fourth-order valence-corrected chi connectivity index (χ4v) is 2.41. The molecule has 0 spiro atoms. The van der Waals surface area contributed by atoms with E-state index < -0.39 is 0 Å². The van der Waals surface area contributed by atoms with Crippen molar-refractivity contribution in [1.82, 2.24) is 4.57 Å². The molecule has 4 nitrogen and oxygen atoms in total. The van der Waals surface area contributed by atoms with Crippen LogP contribution in [0.3, 0.4) is 0 Å². The molecule has 0 aliphatic heterocycles. The summed E-state index contributed by atoms with van der Waals surface area (Å²) in [5.74, 6) is 0.614. The van der Waals surface area contributed by atoms with Crippen LogP contribution < -0.4 is 11.0 Å². The Morgan fingerprint density at radius 2 is 2.17 bits per heavy atom. The summed E-state index contributed by atoms with van der Waals surface area (Å²) in [7, 11) is 0. The minimum atomic E-state index is -0.0656. The maximum Gasteiger partial charge on any atom is 0.252 e. The van der Waals surface area contributed by atoms with Crippen molar-refractivity contribution in [3.8, 4) is 0 Å². The van der Waals surface area contributed by atoms with E-state index >= 15 is 0 Å². The van der Waals surface area contributed by atoms with Gasteiger partial charge in [0.15, 0.2) is 0 Å². The summed E-state index contributed by atoms with van der Waals surface area (Å²) in [6.07, 6.45) is 2.37. The predicted octanol–water partition coefficient (Wildman–Crippen LogP) is 2.87. The van der Waals surface area contributed by atoms with E-state index in [1.165, 1.54) is 18.9 Å². The molecule has 94 valence electrons. The summed E-state index contributed by atoms with van der Waals surface area (Å²) in [5.41, 5.74) is 3.40. The number of pyridine rings is 1. The van der Waals surface area contributed by atoms with E-state index in [2.05, 4.69) is 5.48 Å². The second-order valence-corrected chi connectivity index (χ2v) is 5.14. The first-order chi connectivity index (χ1) is 8.69. The molecule has 1 aromatic carbocycles. The molecule has 1 aliphatic carbocycles. The summed E-state index contributed by atoms with van der Waals surface area (Å²) >= 11 is 6.09. The van der Waals surface area contributed by atoms with Gasteiger partial charge in [0.05, 0.1) is 16.2 Å². The van der Waals surface area contributed by atoms with E-state index in [-0.39, 0.29) is 5.56 Å². The zero-order valence-corrected chi connectivity index (χ0v) is 10.4. The highest BCUT2D eigenvalue weighted by Crippen LogP contribution is 2.32. The molecule has 1 saturated carbocycles. The van der Waals surface area contributed by atoms with Gasteiger partial charge in [-0.2, -0.15) is 0 Å². The van der Waals surface area contributed by atoms with Crippen molar-refractivity contribution in [2.24, 2.45) is 5.92 Å². The van der Waals surface area contributed by atoms with E-state index in [1.807, 2.05) is 6.07 Å². The number of hydrogen-bond acceptors (Lipinski definition) is 3. The molecule has 0 atom stereocenters. The lowest BCUT2D eigenvalue weighted by molar-refractivity contribution is 0.389. The molecule has 1 fully saturated rings. The average molecular weight is 265 g/mol. The Labute approximate surface area is 109 Å². The van der Waals surface area contributed by atoms with Crippen molar-refractivity contribution in [3.63, 3.8) is 0 Å². The molecule has 0 saturated heterocycles. The quantitative estimate of drug-likeness (QED) is 0.838. The lowest BCUT2D eigenvalue weighted by Crippen LogP contribution is -2.20. The number of rotatable bonds is 3. The van der Waals surface area contributed by atoms with Crippen molar-refractivity contribution in [3.05, 3.63) is 39.6 Å². The van der Waals surface area contributed by atoms with Gasteiger partial charge in [-0.25, -0.2) is 0 Å². The van der Waals surface area contributed by atoms with Gasteiger partial charge in [0.25, 0.3) is 5.56 Å². The lowest BCUT2D eigenvalue weighted by atomic mass is 10.2. The van der Waals surface area contributed by atoms with Gasteiger partial charge in [-0.3, -0.25) is 15.5 Å². The fraction of sp³-hybridized carbons (Fsp3) is 0.308. The number of aromatic nitrogens is 1. The second kappa shape index (κ2) is 4.30. The largest absolute Gasteiger partial charge is 0.308 e. The molecule has 0 bridgehead atoms. The van der Waals surface area contributed by atoms with Crippen LogP contribution in [0.4, 0.5) is 5.69 Å². The van der Waals surface area contributed by atoms with E-state index in [0.29, 0.717) is 16.6 Å². The third-order valence-corrected chi connectivity index (χ3v) is 3.64. The highest BCUT2D eigenvalue weighted by Gasteiger charge is 2.23. The van der Waals surface area contributed by atoms with Crippen molar-refractivity contribution in [2.75, 3.05) is 5.48 Å². The topological polar surface area (TPSA) is 54.3 Å². The van der Waals surface area contributed by atoms with Crippen LogP contribution in [0.5, 0.6) is 0 Å². The van der Waals surface area contributed by atoms with Gasteiger partial charge in [-0.05, 0) is 37.0 Å². The van der Waals surface area contributed by atoms with E-state index in [4.69, 9.17) is 16.8 Å². The highest BCUT2D eigenvalue weighted by atomic mass is 35.5. The smallest absolute Gasteiger partial charge is 0.252 e. The Kier molecular flexibility index (Phi) is 2.76. The zero-order chi connectivity index (χ0) is 12.7. The molecule has 1 aliphatic rings. The maximum atomic E-state index is 12.0. The normalized spacial score (nSPS) is 15.0. The number of benzene rings is 1. The molecule has 0 amide bonds. The van der Waals surface area contributed by atoms with Gasteiger partial charge in [-0.1, -0.05) is 11.6 Å². The van der Waals surface area contributed by atoms with Crippen molar-refractivity contribution in [1.29, 1.82) is 0 Å². The number of nitrogens with one attached hydrogen (secondary N) is 1. The molecule has 0 radical (unpaired) electrons. The van der Waals surface area contributed by atoms with Gasteiger partial charge in [0, 0.05) is 18.0 Å². The maximum absolute atomic E-state index is 12.0. The number of hydrogen-bond donors (Lipinski definition) is 2. The van der Waals surface area contributed by atoms with Crippen LogP contribution in [0.1, 0.15) is 12.8 Å². The summed E-state index contributed by atoms with van der Waals surface area (Å²) in [5, 5.41) is 10.1. The molecule has 0 unspecified atom stereocenters. The minimum absolute atomic E-state index is 0.0656. The van der Waals surface area contributed by atoms with Crippen LogP contribution in [-0.4, -0.2) is 9.77 Å². The number of anilines is 1. The molecule has 2 N–H and O–H groups in total. The third kappa shape index (κ3) is 1.98. The van der Waals surface area contributed by atoms with Crippen molar-refractivity contribution < 1.29 is 5.21 Å². The van der Waals surface area contributed by atoms with Gasteiger partial charge in [0.2, 0.25) is 0 Å². The van der Waals surface area contributed by atoms with E-state index in [1.54, 1.807) is 16.7 Å². The highest BCUT2D eigenvalue weighted by molar-refractivity contribution is 6.35. The molecule has 3 rings (SSSR count). The zero-order valence-electron chi connectivity index (χ0n) is 9.69. The van der Waals surface area contributed by atoms with Crippen LogP contribution in [0.15, 0.2) is 29.1 Å². The molecule has 18 heavy (non-hydrogen) atoms.